The standard InChI is InChI=1S/C33H42NO5PS/c1-7-37-40(36,38-8-2)39-25-29-19-21-30(22-20-29)34-33(35)31-17-9-10-18-32(31)41-24-23-28(6)16-12-15-27(5)14-11-13-26(3)4/h1,9-10,13,15,17-23H,8,11-12,14,16,24-25H2,2-6H3,(H,34,35)/b27-15+,28-23+. The van der Waals surface area contributed by atoms with Crippen molar-refractivity contribution < 1.29 is 22.9 Å². The Morgan fingerprint density at radius 3 is 2.27 bits per heavy atom. The van der Waals surface area contributed by atoms with E-state index >= 15 is 0 Å². The maximum absolute atomic E-state index is 13.1. The molecule has 0 aliphatic heterocycles. The zero-order valence-electron chi connectivity index (χ0n) is 24.8. The molecule has 0 aliphatic rings. The highest BCUT2D eigenvalue weighted by atomic mass is 32.2. The molecular weight excluding hydrogens is 553 g/mol. The molecule has 2 aromatic rings. The average molecular weight is 596 g/mol. The Morgan fingerprint density at radius 1 is 0.951 bits per heavy atom. The van der Waals surface area contributed by atoms with Crippen molar-refractivity contribution in [2.45, 2.75) is 71.8 Å². The van der Waals surface area contributed by atoms with Crippen molar-refractivity contribution in [3.63, 3.8) is 0 Å². The summed E-state index contributed by atoms with van der Waals surface area (Å²) < 4.78 is 27.3. The maximum atomic E-state index is 13.1. The number of hydrogen-bond acceptors (Lipinski definition) is 6. The summed E-state index contributed by atoms with van der Waals surface area (Å²) in [6.45, 7) is 10.4. The van der Waals surface area contributed by atoms with E-state index in [-0.39, 0.29) is 19.1 Å². The summed E-state index contributed by atoms with van der Waals surface area (Å²) in [4.78, 5) is 14.0. The molecular formula is C33H42NO5PS. The molecule has 0 saturated heterocycles. The molecule has 0 heterocycles. The van der Waals surface area contributed by atoms with Gasteiger partial charge in [-0.2, -0.15) is 0 Å². The Labute approximate surface area is 250 Å². The van der Waals surface area contributed by atoms with Crippen LogP contribution >= 0.6 is 19.6 Å². The summed E-state index contributed by atoms with van der Waals surface area (Å²) in [7, 11) is -3.81. The molecule has 0 fully saturated rings. The zero-order valence-corrected chi connectivity index (χ0v) is 26.5. The first-order valence-corrected chi connectivity index (χ1v) is 16.2. The van der Waals surface area contributed by atoms with Crippen LogP contribution in [0.25, 0.3) is 0 Å². The molecule has 1 N–H and O–H groups in total. The van der Waals surface area contributed by atoms with Gasteiger partial charge in [0.2, 0.25) is 0 Å². The van der Waals surface area contributed by atoms with Crippen LogP contribution in [-0.2, 0) is 24.7 Å². The highest BCUT2D eigenvalue weighted by Crippen LogP contribution is 2.49. The minimum absolute atomic E-state index is 0.0221. The van der Waals surface area contributed by atoms with Gasteiger partial charge in [0, 0.05) is 16.3 Å². The van der Waals surface area contributed by atoms with Crippen molar-refractivity contribution in [3.05, 3.63) is 94.6 Å². The number of phosphoric acid groups is 1. The molecule has 1 unspecified atom stereocenters. The fourth-order valence-corrected chi connectivity index (χ4v) is 5.71. The predicted octanol–water partition coefficient (Wildman–Crippen LogP) is 9.72. The van der Waals surface area contributed by atoms with Gasteiger partial charge in [-0.15, -0.1) is 11.8 Å². The van der Waals surface area contributed by atoms with Gasteiger partial charge in [0.1, 0.15) is 6.11 Å². The Bertz CT molecular complexity index is 1300. The second-order valence-electron chi connectivity index (χ2n) is 9.77. The van der Waals surface area contributed by atoms with E-state index in [1.165, 1.54) is 16.7 Å². The molecule has 2 aromatic carbocycles. The van der Waals surface area contributed by atoms with Gasteiger partial charge in [0.25, 0.3) is 5.91 Å². The third-order valence-electron chi connectivity index (χ3n) is 5.98. The smallest absolute Gasteiger partial charge is 0.350 e. The minimum Gasteiger partial charge on any atom is -0.350 e. The summed E-state index contributed by atoms with van der Waals surface area (Å²) in [6.07, 6.45) is 18.1. The normalized spacial score (nSPS) is 13.2. The van der Waals surface area contributed by atoms with Gasteiger partial charge < -0.3 is 9.84 Å². The van der Waals surface area contributed by atoms with Crippen LogP contribution in [0.2, 0.25) is 0 Å². The van der Waals surface area contributed by atoms with Crippen molar-refractivity contribution in [1.29, 1.82) is 0 Å². The van der Waals surface area contributed by atoms with E-state index < -0.39 is 7.82 Å². The molecule has 8 heteroatoms. The quantitative estimate of drug-likeness (QED) is 0.0849. The number of amides is 1. The average Bonchev–Trinajstić information content (AvgIpc) is 2.93. The van der Waals surface area contributed by atoms with E-state index in [1.54, 1.807) is 43.0 Å². The van der Waals surface area contributed by atoms with Crippen LogP contribution in [0.5, 0.6) is 0 Å². The van der Waals surface area contributed by atoms with E-state index in [2.05, 4.69) is 55.8 Å². The Balaban J connectivity index is 1.89. The van der Waals surface area contributed by atoms with Crippen LogP contribution in [0.3, 0.4) is 0 Å². The first-order chi connectivity index (χ1) is 19.7. The van der Waals surface area contributed by atoms with Crippen LogP contribution in [0.1, 0.15) is 76.2 Å². The van der Waals surface area contributed by atoms with Gasteiger partial charge in [-0.05, 0) is 90.1 Å². The van der Waals surface area contributed by atoms with E-state index in [0.717, 1.165) is 41.9 Å². The van der Waals surface area contributed by atoms with E-state index in [0.29, 0.717) is 11.3 Å². The molecule has 41 heavy (non-hydrogen) atoms. The molecule has 0 bridgehead atoms. The monoisotopic (exact) mass is 595 g/mol. The molecule has 220 valence electrons. The highest BCUT2D eigenvalue weighted by molar-refractivity contribution is 7.99. The van der Waals surface area contributed by atoms with Crippen molar-refractivity contribution >= 4 is 31.2 Å². The minimum atomic E-state index is -3.81. The predicted molar refractivity (Wildman–Crippen MR) is 171 cm³/mol. The van der Waals surface area contributed by atoms with Crippen LogP contribution in [0.15, 0.2) is 88.4 Å². The number of anilines is 1. The number of phosphoric ester groups is 1. The van der Waals surface area contributed by atoms with Crippen molar-refractivity contribution in [2.75, 3.05) is 17.7 Å². The van der Waals surface area contributed by atoms with E-state index in [4.69, 9.17) is 15.5 Å². The van der Waals surface area contributed by atoms with Crippen molar-refractivity contribution in [2.24, 2.45) is 0 Å². The molecule has 0 spiro atoms. The van der Waals surface area contributed by atoms with Crippen molar-refractivity contribution in [1.82, 2.24) is 0 Å². The number of nitrogens with one attached hydrogen (secondary N) is 1. The van der Waals surface area contributed by atoms with Gasteiger partial charge in [-0.3, -0.25) is 13.8 Å². The summed E-state index contributed by atoms with van der Waals surface area (Å²) in [5.74, 6) is 0.609. The lowest BCUT2D eigenvalue weighted by Gasteiger charge is -2.14. The van der Waals surface area contributed by atoms with Gasteiger partial charge in [-0.25, -0.2) is 4.57 Å². The van der Waals surface area contributed by atoms with Crippen LogP contribution in [0, 0.1) is 12.5 Å². The van der Waals surface area contributed by atoms with Crippen LogP contribution in [-0.4, -0.2) is 18.3 Å². The molecule has 2 rings (SSSR count). The lowest BCUT2D eigenvalue weighted by molar-refractivity contribution is 0.102. The third kappa shape index (κ3) is 13.5. The fraction of sp³-hybridized carbons (Fsp3) is 0.364. The number of hydrogen-bond donors (Lipinski definition) is 1. The van der Waals surface area contributed by atoms with Gasteiger partial charge in [0.05, 0.1) is 18.8 Å². The molecule has 1 atom stereocenters. The summed E-state index contributed by atoms with van der Waals surface area (Å²) in [6, 6.07) is 14.6. The number of benzene rings is 2. The SMILES string of the molecule is C#COP(=O)(OCC)OCc1ccc(NC(=O)c2ccccc2SC/C=C(\C)CC/C=C(\C)CCC=C(C)C)cc1. The molecule has 0 saturated carbocycles. The number of thioether (sulfide) groups is 1. The Kier molecular flexibility index (Phi) is 15.4. The number of carbonyl (C=O) groups is 1. The molecule has 0 aromatic heterocycles. The second kappa shape index (κ2) is 18.4. The van der Waals surface area contributed by atoms with E-state index in [1.807, 2.05) is 30.4 Å². The summed E-state index contributed by atoms with van der Waals surface area (Å²) >= 11 is 1.65. The van der Waals surface area contributed by atoms with Gasteiger partial charge in [-0.1, -0.05) is 65.6 Å². The van der Waals surface area contributed by atoms with E-state index in [9.17, 15) is 9.36 Å². The number of carbonyl (C=O) groups excluding carboxylic acids is 1. The first-order valence-electron chi connectivity index (χ1n) is 13.8. The third-order valence-corrected chi connectivity index (χ3v) is 8.33. The zero-order chi connectivity index (χ0) is 30.1. The summed E-state index contributed by atoms with van der Waals surface area (Å²) in [5, 5.41) is 2.95. The fourth-order valence-electron chi connectivity index (χ4n) is 3.74. The van der Waals surface area contributed by atoms with Crippen molar-refractivity contribution in [3.8, 4) is 12.5 Å². The molecule has 6 nitrogen and oxygen atoms in total. The van der Waals surface area contributed by atoms with Gasteiger partial charge >= 0.3 is 7.82 Å². The van der Waals surface area contributed by atoms with Crippen LogP contribution < -0.4 is 5.32 Å². The topological polar surface area (TPSA) is 73.9 Å². The highest BCUT2D eigenvalue weighted by Gasteiger charge is 2.26. The Hall–Kier alpha value is -3.01. The lowest BCUT2D eigenvalue weighted by Crippen LogP contribution is -2.13. The number of rotatable bonds is 17. The first kappa shape index (κ1) is 34.2. The second-order valence-corrected chi connectivity index (χ2v) is 12.4. The molecule has 1 amide bonds. The summed E-state index contributed by atoms with van der Waals surface area (Å²) in [5.41, 5.74) is 6.13. The van der Waals surface area contributed by atoms with Crippen LogP contribution in [0.4, 0.5) is 5.69 Å². The Morgan fingerprint density at radius 2 is 1.61 bits per heavy atom. The number of allylic oxidation sites excluding steroid dienone is 5. The maximum Gasteiger partial charge on any atom is 0.538 e. The van der Waals surface area contributed by atoms with Gasteiger partial charge in [0.15, 0.2) is 0 Å². The number of terminal acetylenes is 1. The molecule has 0 radical (unpaired) electrons. The lowest BCUT2D eigenvalue weighted by atomic mass is 10.1. The largest absolute Gasteiger partial charge is 0.538 e. The molecule has 0 aliphatic carbocycles.